The minimum Gasteiger partial charge on any atom is -0.492 e. The number of nitrogens with one attached hydrogen (secondary N) is 1. The zero-order valence-electron chi connectivity index (χ0n) is 19.9. The van der Waals surface area contributed by atoms with Crippen molar-refractivity contribution in [3.8, 4) is 5.75 Å². The molecule has 1 fully saturated rings. The average Bonchev–Trinajstić information content (AvgIpc) is 3.38. The van der Waals surface area contributed by atoms with Crippen LogP contribution in [0.2, 0.25) is 5.02 Å². The third-order valence-corrected chi connectivity index (χ3v) is 8.66. The summed E-state index contributed by atoms with van der Waals surface area (Å²) in [6.07, 6.45) is 6.12. The van der Waals surface area contributed by atoms with Crippen LogP contribution in [0.4, 0.5) is 0 Å². The molecule has 35 heavy (non-hydrogen) atoms. The molecule has 0 spiro atoms. The van der Waals surface area contributed by atoms with Gasteiger partial charge in [0.15, 0.2) is 0 Å². The number of hydrogen-bond acceptors (Lipinski definition) is 5. The van der Waals surface area contributed by atoms with Crippen molar-refractivity contribution in [1.29, 1.82) is 0 Å². The van der Waals surface area contributed by atoms with Gasteiger partial charge in [0.1, 0.15) is 17.3 Å². The third-order valence-electron chi connectivity index (χ3n) is 7.01. The Kier molecular flexibility index (Phi) is 7.16. The summed E-state index contributed by atoms with van der Waals surface area (Å²) in [4.78, 5) is 2.70. The lowest BCUT2D eigenvalue weighted by Gasteiger charge is -2.35. The van der Waals surface area contributed by atoms with Crippen LogP contribution in [0.3, 0.4) is 0 Å². The fourth-order valence-corrected chi connectivity index (χ4v) is 6.33. The molecule has 5 rings (SSSR count). The van der Waals surface area contributed by atoms with Gasteiger partial charge < -0.3 is 9.64 Å². The number of aryl methyl sites for hydroxylation is 1. The summed E-state index contributed by atoms with van der Waals surface area (Å²) in [7, 11) is -1.91. The van der Waals surface area contributed by atoms with E-state index >= 15 is 0 Å². The molecular weight excluding hydrogens is 484 g/mol. The number of rotatable bonds is 10. The summed E-state index contributed by atoms with van der Waals surface area (Å²) in [5.41, 5.74) is 3.97. The molecule has 2 aromatic carbocycles. The Balaban J connectivity index is 1.26. The highest BCUT2D eigenvalue weighted by Crippen LogP contribution is 2.42. The molecule has 2 unspecified atom stereocenters. The Morgan fingerprint density at radius 2 is 2.06 bits per heavy atom. The number of halogens is 1. The summed E-state index contributed by atoms with van der Waals surface area (Å²) in [5, 5.41) is 4.69. The molecule has 1 aliphatic heterocycles. The first-order chi connectivity index (χ1) is 16.9. The number of fused-ring (bicyclic) bond motifs is 1. The van der Waals surface area contributed by atoms with Crippen LogP contribution in [0.5, 0.6) is 5.75 Å². The number of nitrogens with zero attached hydrogens (tertiary/aromatic N) is 3. The second kappa shape index (κ2) is 10.3. The first kappa shape index (κ1) is 24.3. The second-order valence-electron chi connectivity index (χ2n) is 9.52. The highest BCUT2D eigenvalue weighted by Gasteiger charge is 2.35. The van der Waals surface area contributed by atoms with E-state index in [-0.39, 0.29) is 18.0 Å². The Hall–Kier alpha value is -2.39. The smallest absolute Gasteiger partial charge is 0.243 e. The van der Waals surface area contributed by atoms with Crippen LogP contribution >= 0.6 is 11.6 Å². The molecule has 9 heteroatoms. The zero-order chi connectivity index (χ0) is 24.4. The highest BCUT2D eigenvalue weighted by molar-refractivity contribution is 7.89. The van der Waals surface area contributed by atoms with Crippen molar-refractivity contribution in [2.75, 3.05) is 32.8 Å². The monoisotopic (exact) mass is 514 g/mol. The number of benzene rings is 2. The van der Waals surface area contributed by atoms with Crippen molar-refractivity contribution in [3.63, 3.8) is 0 Å². The van der Waals surface area contributed by atoms with E-state index in [1.165, 1.54) is 53.3 Å². The van der Waals surface area contributed by atoms with Crippen LogP contribution in [0, 0.1) is 5.92 Å². The molecule has 2 aliphatic rings. The van der Waals surface area contributed by atoms with Gasteiger partial charge in [0, 0.05) is 31.4 Å². The summed E-state index contributed by atoms with van der Waals surface area (Å²) in [6, 6.07) is 14.5. The zero-order valence-corrected chi connectivity index (χ0v) is 21.4. The topological polar surface area (TPSA) is 76.5 Å². The summed E-state index contributed by atoms with van der Waals surface area (Å²) in [6.45, 7) is 3.93. The molecule has 3 aromatic rings. The second-order valence-corrected chi connectivity index (χ2v) is 11.7. The largest absolute Gasteiger partial charge is 0.492 e. The maximum Gasteiger partial charge on any atom is 0.243 e. The van der Waals surface area contributed by atoms with E-state index in [2.05, 4.69) is 39.0 Å². The third kappa shape index (κ3) is 5.72. The van der Waals surface area contributed by atoms with Crippen LogP contribution in [-0.2, 0) is 29.9 Å². The van der Waals surface area contributed by atoms with Gasteiger partial charge in [0.05, 0.1) is 6.20 Å². The van der Waals surface area contributed by atoms with E-state index in [4.69, 9.17) is 16.3 Å². The molecule has 2 atom stereocenters. The van der Waals surface area contributed by atoms with Gasteiger partial charge in [-0.25, -0.2) is 13.1 Å². The first-order valence-corrected chi connectivity index (χ1v) is 13.9. The van der Waals surface area contributed by atoms with E-state index in [1.807, 2.05) is 18.2 Å². The van der Waals surface area contributed by atoms with Crippen molar-refractivity contribution in [3.05, 3.63) is 76.6 Å². The number of likely N-dealkylation sites (tertiary alicyclic amines) is 1. The maximum absolute atomic E-state index is 12.4. The van der Waals surface area contributed by atoms with E-state index in [0.29, 0.717) is 11.8 Å². The molecule has 1 N–H and O–H groups in total. The predicted octanol–water partition coefficient (Wildman–Crippen LogP) is 3.64. The molecule has 1 aromatic heterocycles. The molecule has 0 amide bonds. The minimum atomic E-state index is -3.60. The molecule has 0 saturated carbocycles. The van der Waals surface area contributed by atoms with Crippen LogP contribution < -0.4 is 9.46 Å². The van der Waals surface area contributed by atoms with Gasteiger partial charge in [-0.1, -0.05) is 29.8 Å². The normalized spacial score (nSPS) is 19.9. The quantitative estimate of drug-likeness (QED) is 0.418. The Labute approximate surface area is 212 Å². The molecule has 186 valence electrons. The Morgan fingerprint density at radius 1 is 1.20 bits per heavy atom. The van der Waals surface area contributed by atoms with Crippen molar-refractivity contribution < 1.29 is 13.2 Å². The van der Waals surface area contributed by atoms with Gasteiger partial charge >= 0.3 is 0 Å². The molecule has 1 saturated heterocycles. The molecule has 2 heterocycles. The molecule has 1 aliphatic carbocycles. The van der Waals surface area contributed by atoms with Crippen LogP contribution in [0.1, 0.15) is 29.0 Å². The maximum atomic E-state index is 12.4. The molecule has 0 radical (unpaired) electrons. The SMILES string of the molecule is Cn1cc(S(=O)(=O)NCCOc2ccc3c(c2)C(Cc2cccc(Cl)c2)C(CN2CCC2)C3)cn1. The highest BCUT2D eigenvalue weighted by atomic mass is 35.5. The minimum absolute atomic E-state index is 0.148. The summed E-state index contributed by atoms with van der Waals surface area (Å²) >= 11 is 6.27. The Bertz CT molecular complexity index is 1290. The number of sulfonamides is 1. The van der Waals surface area contributed by atoms with Crippen molar-refractivity contribution in [1.82, 2.24) is 19.4 Å². The first-order valence-electron chi connectivity index (χ1n) is 12.1. The van der Waals surface area contributed by atoms with Gasteiger partial charge in [-0.05, 0) is 85.1 Å². The van der Waals surface area contributed by atoms with E-state index in [9.17, 15) is 8.42 Å². The summed E-state index contributed by atoms with van der Waals surface area (Å²) in [5.74, 6) is 1.73. The van der Waals surface area contributed by atoms with Crippen molar-refractivity contribution >= 4 is 21.6 Å². The van der Waals surface area contributed by atoms with Crippen molar-refractivity contribution in [2.24, 2.45) is 13.0 Å². The Morgan fingerprint density at radius 3 is 2.77 bits per heavy atom. The van der Waals surface area contributed by atoms with Crippen LogP contribution in [-0.4, -0.2) is 55.9 Å². The molecule has 7 nitrogen and oxygen atoms in total. The predicted molar refractivity (Wildman–Crippen MR) is 136 cm³/mol. The van der Waals surface area contributed by atoms with Gasteiger partial charge in [0.2, 0.25) is 10.0 Å². The molecular formula is C26H31ClN4O3S. The van der Waals surface area contributed by atoms with Crippen LogP contribution in [0.25, 0.3) is 0 Å². The number of ether oxygens (including phenoxy) is 1. The van der Waals surface area contributed by atoms with E-state index < -0.39 is 10.0 Å². The van der Waals surface area contributed by atoms with Crippen molar-refractivity contribution in [2.45, 2.75) is 30.1 Å². The average molecular weight is 515 g/mol. The van der Waals surface area contributed by atoms with E-state index in [1.54, 1.807) is 7.05 Å². The van der Waals surface area contributed by atoms with Crippen LogP contribution in [0.15, 0.2) is 59.8 Å². The molecule has 0 bridgehead atoms. The lowest BCUT2D eigenvalue weighted by molar-refractivity contribution is 0.145. The fraction of sp³-hybridized carbons (Fsp3) is 0.423. The van der Waals surface area contributed by atoms with Gasteiger partial charge in [-0.15, -0.1) is 0 Å². The van der Waals surface area contributed by atoms with Gasteiger partial charge in [0.25, 0.3) is 0 Å². The van der Waals surface area contributed by atoms with Gasteiger partial charge in [-0.2, -0.15) is 5.10 Å². The number of hydrogen-bond donors (Lipinski definition) is 1. The summed E-state index contributed by atoms with van der Waals surface area (Å²) < 4.78 is 34.7. The number of aromatic nitrogens is 2. The fourth-order valence-electron chi connectivity index (χ4n) is 5.12. The lowest BCUT2D eigenvalue weighted by Crippen LogP contribution is -2.41. The lowest BCUT2D eigenvalue weighted by atomic mass is 9.86. The van der Waals surface area contributed by atoms with Gasteiger partial charge in [-0.3, -0.25) is 4.68 Å². The van der Waals surface area contributed by atoms with E-state index in [0.717, 1.165) is 30.2 Å². The standard InChI is InChI=1S/C26H31ClN4O3S/c1-30-18-24(16-28-30)35(32,33)29-8-11-34-23-7-6-20-14-21(17-31-9-3-10-31)25(26(20)15-23)13-19-4-2-5-22(27)12-19/h2,4-7,12,15-16,18,21,25,29H,3,8-11,13-14,17H2,1H3.